The van der Waals surface area contributed by atoms with E-state index in [4.69, 9.17) is 4.42 Å². The van der Waals surface area contributed by atoms with Crippen LogP contribution >= 0.6 is 0 Å². The molecule has 0 radical (unpaired) electrons. The quantitative estimate of drug-likeness (QED) is 0.869. The number of anilines is 1. The van der Waals surface area contributed by atoms with Gasteiger partial charge >= 0.3 is 0 Å². The summed E-state index contributed by atoms with van der Waals surface area (Å²) in [5.74, 6) is 1.40. The molecule has 0 N–H and O–H groups in total. The maximum absolute atomic E-state index is 12.6. The molecule has 1 atom stereocenters. The number of amides is 1. The van der Waals surface area contributed by atoms with Crippen LogP contribution in [0.1, 0.15) is 28.5 Å². The van der Waals surface area contributed by atoms with Gasteiger partial charge in [0, 0.05) is 44.4 Å². The minimum absolute atomic E-state index is 0.104. The first kappa shape index (κ1) is 13.7. The molecule has 0 aliphatic carbocycles. The smallest absolute Gasteiger partial charge is 0.253 e. The molecule has 1 aliphatic heterocycles. The van der Waals surface area contributed by atoms with Gasteiger partial charge in [-0.15, -0.1) is 0 Å². The first-order chi connectivity index (χ1) is 10.1. The molecular weight excluding hydrogens is 264 g/mol. The summed E-state index contributed by atoms with van der Waals surface area (Å²) in [4.78, 5) is 16.5. The van der Waals surface area contributed by atoms with Crippen LogP contribution in [0.3, 0.4) is 0 Å². The lowest BCUT2D eigenvalue weighted by Gasteiger charge is -2.18. The van der Waals surface area contributed by atoms with Gasteiger partial charge in [-0.3, -0.25) is 4.79 Å². The first-order valence-electron chi connectivity index (χ1n) is 7.25. The molecule has 0 saturated carbocycles. The van der Waals surface area contributed by atoms with Crippen LogP contribution in [-0.2, 0) is 0 Å². The van der Waals surface area contributed by atoms with Crippen molar-refractivity contribution in [2.45, 2.75) is 12.3 Å². The van der Waals surface area contributed by atoms with Crippen molar-refractivity contribution in [1.29, 1.82) is 0 Å². The van der Waals surface area contributed by atoms with Gasteiger partial charge in [-0.25, -0.2) is 0 Å². The molecule has 2 heterocycles. The lowest BCUT2D eigenvalue weighted by molar-refractivity contribution is 0.0790. The molecule has 1 amide bonds. The zero-order valence-corrected chi connectivity index (χ0v) is 12.5. The molecule has 21 heavy (non-hydrogen) atoms. The third-order valence-corrected chi connectivity index (χ3v) is 4.03. The van der Waals surface area contributed by atoms with Crippen molar-refractivity contribution in [3.8, 4) is 0 Å². The van der Waals surface area contributed by atoms with Crippen molar-refractivity contribution in [3.63, 3.8) is 0 Å². The molecule has 0 bridgehead atoms. The van der Waals surface area contributed by atoms with E-state index in [9.17, 15) is 4.79 Å². The molecule has 4 heteroatoms. The minimum atomic E-state index is 0.104. The fraction of sp³-hybridized carbons (Fsp3) is 0.353. The highest BCUT2D eigenvalue weighted by atomic mass is 16.3. The highest BCUT2D eigenvalue weighted by molar-refractivity contribution is 5.95. The number of nitrogens with zero attached hydrogens (tertiary/aromatic N) is 2. The molecule has 1 aromatic heterocycles. The summed E-state index contributed by atoms with van der Waals surface area (Å²) >= 11 is 0. The van der Waals surface area contributed by atoms with E-state index in [-0.39, 0.29) is 5.91 Å². The molecule has 4 nitrogen and oxygen atoms in total. The molecule has 1 aromatic carbocycles. The fourth-order valence-electron chi connectivity index (χ4n) is 2.80. The van der Waals surface area contributed by atoms with E-state index in [0.717, 1.165) is 36.5 Å². The molecular formula is C17H20N2O2. The Bertz CT molecular complexity index is 619. The predicted octanol–water partition coefficient (Wildman–Crippen LogP) is 2.98. The van der Waals surface area contributed by atoms with Crippen molar-refractivity contribution in [2.75, 3.05) is 32.1 Å². The van der Waals surface area contributed by atoms with E-state index in [1.165, 1.54) is 0 Å². The molecule has 0 spiro atoms. The number of carbonyl (C=O) groups excluding carboxylic acids is 1. The zero-order chi connectivity index (χ0) is 14.8. The van der Waals surface area contributed by atoms with Crippen LogP contribution in [0, 0.1) is 0 Å². The van der Waals surface area contributed by atoms with Gasteiger partial charge in [-0.1, -0.05) is 6.07 Å². The van der Waals surface area contributed by atoms with Crippen LogP contribution in [0.2, 0.25) is 0 Å². The van der Waals surface area contributed by atoms with Crippen LogP contribution in [0.25, 0.3) is 0 Å². The standard InChI is InChI=1S/C17H20N2O2/c1-18(2)15-6-3-5-13(11-15)17(20)19-9-8-14(12-19)16-7-4-10-21-16/h3-7,10-11,14H,8-9,12H2,1-2H3. The summed E-state index contributed by atoms with van der Waals surface area (Å²) in [6, 6.07) is 11.7. The molecule has 1 saturated heterocycles. The van der Waals surface area contributed by atoms with Gasteiger partial charge in [0.05, 0.1) is 6.26 Å². The average molecular weight is 284 g/mol. The number of rotatable bonds is 3. The highest BCUT2D eigenvalue weighted by Gasteiger charge is 2.29. The number of likely N-dealkylation sites (tertiary alicyclic amines) is 1. The Labute approximate surface area is 125 Å². The Hall–Kier alpha value is -2.23. The Morgan fingerprint density at radius 3 is 2.86 bits per heavy atom. The Balaban J connectivity index is 1.73. The molecule has 1 unspecified atom stereocenters. The third-order valence-electron chi connectivity index (χ3n) is 4.03. The molecule has 110 valence electrons. The van der Waals surface area contributed by atoms with Crippen molar-refractivity contribution in [2.24, 2.45) is 0 Å². The maximum atomic E-state index is 12.6. The van der Waals surface area contributed by atoms with Crippen molar-refractivity contribution in [3.05, 3.63) is 54.0 Å². The van der Waals surface area contributed by atoms with E-state index in [2.05, 4.69) is 0 Å². The van der Waals surface area contributed by atoms with Crippen molar-refractivity contribution >= 4 is 11.6 Å². The topological polar surface area (TPSA) is 36.7 Å². The molecule has 1 fully saturated rings. The highest BCUT2D eigenvalue weighted by Crippen LogP contribution is 2.28. The summed E-state index contributed by atoms with van der Waals surface area (Å²) in [6.07, 6.45) is 2.66. The largest absolute Gasteiger partial charge is 0.469 e. The SMILES string of the molecule is CN(C)c1cccc(C(=O)N2CCC(c3ccco3)C2)c1. The van der Waals surface area contributed by atoms with Gasteiger partial charge in [0.15, 0.2) is 0 Å². The van der Waals surface area contributed by atoms with Gasteiger partial charge in [0.1, 0.15) is 5.76 Å². The van der Waals surface area contributed by atoms with Crippen molar-refractivity contribution in [1.82, 2.24) is 4.90 Å². The maximum Gasteiger partial charge on any atom is 0.253 e. The number of hydrogen-bond acceptors (Lipinski definition) is 3. The van der Waals surface area contributed by atoms with E-state index < -0.39 is 0 Å². The third kappa shape index (κ3) is 2.79. The Morgan fingerprint density at radius 1 is 1.29 bits per heavy atom. The van der Waals surface area contributed by atoms with Gasteiger partial charge in [0.2, 0.25) is 0 Å². The van der Waals surface area contributed by atoms with Gasteiger partial charge in [-0.05, 0) is 36.8 Å². The first-order valence-corrected chi connectivity index (χ1v) is 7.25. The van der Waals surface area contributed by atoms with Crippen LogP contribution in [0.4, 0.5) is 5.69 Å². The predicted molar refractivity (Wildman–Crippen MR) is 82.7 cm³/mol. The molecule has 1 aliphatic rings. The number of carbonyl (C=O) groups is 1. The van der Waals surface area contributed by atoms with Crippen LogP contribution in [-0.4, -0.2) is 38.0 Å². The summed E-state index contributed by atoms with van der Waals surface area (Å²) in [7, 11) is 3.96. The summed E-state index contributed by atoms with van der Waals surface area (Å²) in [5, 5.41) is 0. The zero-order valence-electron chi connectivity index (χ0n) is 12.5. The van der Waals surface area contributed by atoms with E-state index >= 15 is 0 Å². The minimum Gasteiger partial charge on any atom is -0.469 e. The summed E-state index contributed by atoms with van der Waals surface area (Å²) < 4.78 is 5.46. The Kier molecular flexibility index (Phi) is 3.69. The van der Waals surface area contributed by atoms with E-state index in [1.807, 2.05) is 60.3 Å². The van der Waals surface area contributed by atoms with Crippen LogP contribution in [0.5, 0.6) is 0 Å². The lowest BCUT2D eigenvalue weighted by atomic mass is 10.1. The van der Waals surface area contributed by atoms with Crippen molar-refractivity contribution < 1.29 is 9.21 Å². The molecule has 2 aromatic rings. The second-order valence-corrected chi connectivity index (χ2v) is 5.70. The normalized spacial score (nSPS) is 18.0. The van der Waals surface area contributed by atoms with E-state index in [1.54, 1.807) is 6.26 Å². The summed E-state index contributed by atoms with van der Waals surface area (Å²) in [6.45, 7) is 1.52. The van der Waals surface area contributed by atoms with Gasteiger partial charge < -0.3 is 14.2 Å². The number of hydrogen-bond donors (Lipinski definition) is 0. The van der Waals surface area contributed by atoms with Crippen LogP contribution in [0.15, 0.2) is 47.1 Å². The van der Waals surface area contributed by atoms with Gasteiger partial charge in [0.25, 0.3) is 5.91 Å². The van der Waals surface area contributed by atoms with E-state index in [0.29, 0.717) is 5.92 Å². The second kappa shape index (κ2) is 5.64. The monoisotopic (exact) mass is 284 g/mol. The average Bonchev–Trinajstić information content (AvgIpc) is 3.17. The molecule has 3 rings (SSSR count). The fourth-order valence-corrected chi connectivity index (χ4v) is 2.80. The van der Waals surface area contributed by atoms with Crippen LogP contribution < -0.4 is 4.90 Å². The Morgan fingerprint density at radius 2 is 2.14 bits per heavy atom. The summed E-state index contributed by atoms with van der Waals surface area (Å²) in [5.41, 5.74) is 1.80. The lowest BCUT2D eigenvalue weighted by Crippen LogP contribution is -2.28. The van der Waals surface area contributed by atoms with Gasteiger partial charge in [-0.2, -0.15) is 0 Å². The second-order valence-electron chi connectivity index (χ2n) is 5.70. The number of furan rings is 1. The number of benzene rings is 1.